The number of aromatic nitrogens is 2. The average molecular weight is 438 g/mol. The van der Waals surface area contributed by atoms with Crippen molar-refractivity contribution in [2.45, 2.75) is 6.61 Å². The molecule has 0 aliphatic carbocycles. The molecule has 3 heterocycles. The number of thiazole rings is 1. The lowest BCUT2D eigenvalue weighted by atomic mass is 10.1. The van der Waals surface area contributed by atoms with Crippen molar-refractivity contribution in [3.8, 4) is 11.3 Å². The van der Waals surface area contributed by atoms with Crippen molar-refractivity contribution in [3.63, 3.8) is 0 Å². The maximum absolute atomic E-state index is 12.6. The van der Waals surface area contributed by atoms with E-state index in [1.54, 1.807) is 24.3 Å². The van der Waals surface area contributed by atoms with Gasteiger partial charge in [-0.1, -0.05) is 24.3 Å². The smallest absolute Gasteiger partial charge is 0.276 e. The minimum atomic E-state index is -0.302. The molecule has 0 atom stereocenters. The highest BCUT2D eigenvalue weighted by atomic mass is 32.1. The second kappa shape index (κ2) is 9.67. The van der Waals surface area contributed by atoms with Gasteiger partial charge in [0.1, 0.15) is 5.69 Å². The molecule has 1 aliphatic heterocycles. The summed E-state index contributed by atoms with van der Waals surface area (Å²) >= 11 is 1.37. The molecule has 8 nitrogen and oxygen atoms in total. The molecule has 3 aromatic rings. The van der Waals surface area contributed by atoms with E-state index in [-0.39, 0.29) is 5.91 Å². The lowest BCUT2D eigenvalue weighted by molar-refractivity contribution is -0.118. The molecule has 2 amide bonds. The summed E-state index contributed by atoms with van der Waals surface area (Å²) in [5, 5.41) is 5.26. The van der Waals surface area contributed by atoms with Crippen molar-refractivity contribution in [3.05, 3.63) is 59.2 Å². The van der Waals surface area contributed by atoms with Crippen molar-refractivity contribution >= 4 is 34.5 Å². The Morgan fingerprint density at radius 3 is 2.71 bits per heavy atom. The van der Waals surface area contributed by atoms with Crippen LogP contribution in [0.3, 0.4) is 0 Å². The first-order valence-corrected chi connectivity index (χ1v) is 10.8. The Kier molecular flexibility index (Phi) is 6.54. The highest BCUT2D eigenvalue weighted by molar-refractivity contribution is 7.14. The first-order valence-electron chi connectivity index (χ1n) is 9.92. The van der Waals surface area contributed by atoms with E-state index in [0.29, 0.717) is 30.5 Å². The normalized spacial score (nSPS) is 13.8. The fourth-order valence-electron chi connectivity index (χ4n) is 3.46. The maximum atomic E-state index is 12.6. The number of ether oxygens (including phenoxy) is 1. The fraction of sp³-hybridized carbons (Fsp3) is 0.273. The van der Waals surface area contributed by atoms with Gasteiger partial charge >= 0.3 is 0 Å². The number of hydrogen-bond acceptors (Lipinski definition) is 7. The van der Waals surface area contributed by atoms with Crippen molar-refractivity contribution in [2.75, 3.05) is 43.5 Å². The van der Waals surface area contributed by atoms with E-state index < -0.39 is 0 Å². The monoisotopic (exact) mass is 437 g/mol. The molecule has 0 spiro atoms. The molecular weight excluding hydrogens is 414 g/mol. The average Bonchev–Trinajstić information content (AvgIpc) is 3.28. The number of anilines is 2. The SMILES string of the molecule is COCc1ccccc1-c1csc(NC(=O)c2ccc(N3CCN(C=O)CC3)cn2)n1. The number of methoxy groups -OCH3 is 1. The van der Waals surface area contributed by atoms with E-state index in [1.165, 1.54) is 11.3 Å². The highest BCUT2D eigenvalue weighted by Crippen LogP contribution is 2.28. The first kappa shape index (κ1) is 21.0. The van der Waals surface area contributed by atoms with Crippen molar-refractivity contribution in [2.24, 2.45) is 0 Å². The van der Waals surface area contributed by atoms with Crippen LogP contribution in [0, 0.1) is 0 Å². The third-order valence-electron chi connectivity index (χ3n) is 5.13. The molecule has 0 unspecified atom stereocenters. The van der Waals surface area contributed by atoms with Gasteiger partial charge in [0.2, 0.25) is 6.41 Å². The van der Waals surface area contributed by atoms with Crippen LogP contribution in [-0.2, 0) is 16.1 Å². The molecule has 2 aromatic heterocycles. The topological polar surface area (TPSA) is 87.7 Å². The summed E-state index contributed by atoms with van der Waals surface area (Å²) in [4.78, 5) is 36.2. The van der Waals surface area contributed by atoms with Crippen molar-refractivity contribution < 1.29 is 14.3 Å². The number of carbonyl (C=O) groups is 2. The molecule has 1 fully saturated rings. The number of nitrogens with one attached hydrogen (secondary N) is 1. The first-order chi connectivity index (χ1) is 15.2. The Balaban J connectivity index is 1.41. The molecule has 1 N–H and O–H groups in total. The summed E-state index contributed by atoms with van der Waals surface area (Å²) in [6.45, 7) is 3.36. The predicted octanol–water partition coefficient (Wildman–Crippen LogP) is 2.88. The van der Waals surface area contributed by atoms with Crippen LogP contribution >= 0.6 is 11.3 Å². The summed E-state index contributed by atoms with van der Waals surface area (Å²) in [5.74, 6) is -0.302. The van der Waals surface area contributed by atoms with E-state index >= 15 is 0 Å². The minimum absolute atomic E-state index is 0.302. The Hall–Kier alpha value is -3.30. The second-order valence-corrected chi connectivity index (χ2v) is 7.97. The van der Waals surface area contributed by atoms with E-state index in [0.717, 1.165) is 42.0 Å². The molecule has 160 valence electrons. The van der Waals surface area contributed by atoms with Gasteiger partial charge in [0, 0.05) is 44.2 Å². The third kappa shape index (κ3) is 4.89. The van der Waals surface area contributed by atoms with E-state index in [1.807, 2.05) is 35.7 Å². The molecule has 31 heavy (non-hydrogen) atoms. The number of rotatable bonds is 7. The highest BCUT2D eigenvalue weighted by Gasteiger charge is 2.17. The molecule has 0 radical (unpaired) electrons. The van der Waals surface area contributed by atoms with Gasteiger partial charge in [-0.15, -0.1) is 11.3 Å². The van der Waals surface area contributed by atoms with Crippen molar-refractivity contribution in [1.82, 2.24) is 14.9 Å². The van der Waals surface area contributed by atoms with Crippen LogP contribution in [0.2, 0.25) is 0 Å². The molecule has 1 saturated heterocycles. The van der Waals surface area contributed by atoms with Gasteiger partial charge in [0.25, 0.3) is 5.91 Å². The lowest BCUT2D eigenvalue weighted by Gasteiger charge is -2.33. The number of benzene rings is 1. The predicted molar refractivity (Wildman–Crippen MR) is 120 cm³/mol. The molecule has 4 rings (SSSR count). The molecule has 1 aromatic carbocycles. The van der Waals surface area contributed by atoms with Gasteiger partial charge < -0.3 is 14.5 Å². The van der Waals surface area contributed by atoms with Crippen LogP contribution in [0.1, 0.15) is 16.1 Å². The molecule has 1 aliphatic rings. The van der Waals surface area contributed by atoms with Crippen LogP contribution in [0.4, 0.5) is 10.8 Å². The zero-order chi connectivity index (χ0) is 21.6. The van der Waals surface area contributed by atoms with Gasteiger partial charge in [0.15, 0.2) is 5.13 Å². The number of amides is 2. The molecule has 0 bridgehead atoms. The summed E-state index contributed by atoms with van der Waals surface area (Å²) in [7, 11) is 1.66. The van der Waals surface area contributed by atoms with Crippen molar-refractivity contribution in [1.29, 1.82) is 0 Å². The van der Waals surface area contributed by atoms with E-state index in [9.17, 15) is 9.59 Å². The second-order valence-electron chi connectivity index (χ2n) is 7.11. The zero-order valence-electron chi connectivity index (χ0n) is 17.2. The van der Waals surface area contributed by atoms with Crippen LogP contribution in [0.5, 0.6) is 0 Å². The largest absolute Gasteiger partial charge is 0.380 e. The Bertz CT molecular complexity index is 1050. The Morgan fingerprint density at radius 2 is 2.00 bits per heavy atom. The number of pyridine rings is 1. The lowest BCUT2D eigenvalue weighted by Crippen LogP contribution is -2.45. The molecular formula is C22H23N5O3S. The zero-order valence-corrected chi connectivity index (χ0v) is 18.0. The summed E-state index contributed by atoms with van der Waals surface area (Å²) in [6, 6.07) is 11.5. The standard InChI is InChI=1S/C22H23N5O3S/c1-30-13-16-4-2-3-5-18(16)20-14-31-22(24-20)25-21(29)19-7-6-17(12-23-19)27-10-8-26(15-28)9-11-27/h2-7,12,14-15H,8-11,13H2,1H3,(H,24,25,29). The van der Waals surface area contributed by atoms with Crippen LogP contribution < -0.4 is 10.2 Å². The van der Waals surface area contributed by atoms with Crippen LogP contribution in [0.25, 0.3) is 11.3 Å². The minimum Gasteiger partial charge on any atom is -0.380 e. The fourth-order valence-corrected chi connectivity index (χ4v) is 4.17. The number of carbonyl (C=O) groups excluding carboxylic acids is 2. The van der Waals surface area contributed by atoms with Gasteiger partial charge in [-0.3, -0.25) is 14.9 Å². The number of piperazine rings is 1. The third-order valence-corrected chi connectivity index (χ3v) is 5.88. The molecule has 9 heteroatoms. The van der Waals surface area contributed by atoms with E-state index in [2.05, 4.69) is 20.2 Å². The van der Waals surface area contributed by atoms with Gasteiger partial charge in [-0.2, -0.15) is 0 Å². The Labute approximate surface area is 184 Å². The van der Waals surface area contributed by atoms with Crippen LogP contribution in [-0.4, -0.2) is 60.5 Å². The van der Waals surface area contributed by atoms with Gasteiger partial charge in [-0.05, 0) is 17.7 Å². The van der Waals surface area contributed by atoms with Gasteiger partial charge in [-0.25, -0.2) is 9.97 Å². The van der Waals surface area contributed by atoms with Crippen LogP contribution in [0.15, 0.2) is 48.0 Å². The molecule has 0 saturated carbocycles. The summed E-state index contributed by atoms with van der Waals surface area (Å²) < 4.78 is 5.26. The number of nitrogens with zero attached hydrogens (tertiary/aromatic N) is 4. The summed E-state index contributed by atoms with van der Waals surface area (Å²) in [5.41, 5.74) is 4.09. The maximum Gasteiger partial charge on any atom is 0.276 e. The van der Waals surface area contributed by atoms with E-state index in [4.69, 9.17) is 4.74 Å². The summed E-state index contributed by atoms with van der Waals surface area (Å²) in [6.07, 6.45) is 2.57. The Morgan fingerprint density at radius 1 is 1.19 bits per heavy atom. The quantitative estimate of drug-likeness (QED) is 0.572. The number of hydrogen-bond donors (Lipinski definition) is 1. The van der Waals surface area contributed by atoms with Gasteiger partial charge in [0.05, 0.1) is 24.2 Å².